The normalized spacial score (nSPS) is 10.6. The summed E-state index contributed by atoms with van der Waals surface area (Å²) < 4.78 is 1.70. The van der Waals surface area contributed by atoms with Crippen molar-refractivity contribution in [3.8, 4) is 5.69 Å². The molecule has 0 saturated carbocycles. The average Bonchev–Trinajstić information content (AvgIpc) is 2.74. The van der Waals surface area contributed by atoms with Crippen LogP contribution in [-0.2, 0) is 0 Å². The highest BCUT2D eigenvalue weighted by atomic mass is 35.5. The minimum atomic E-state index is 0.680. The largest absolute Gasteiger partial charge is 0.214 e. The minimum Gasteiger partial charge on any atom is -0.187 e. The molecule has 0 unspecified atom stereocenters. The van der Waals surface area contributed by atoms with E-state index in [1.807, 2.05) is 24.3 Å². The lowest BCUT2D eigenvalue weighted by molar-refractivity contribution is 0.756. The van der Waals surface area contributed by atoms with Crippen LogP contribution in [0.5, 0.6) is 0 Å². The molecule has 0 spiro atoms. The third-order valence-corrected chi connectivity index (χ3v) is 3.29. The monoisotopic (exact) mass is 254 g/mol. The second-order valence-corrected chi connectivity index (χ2v) is 4.70. The molecule has 6 heteroatoms. The minimum absolute atomic E-state index is 0.680. The van der Waals surface area contributed by atoms with Crippen molar-refractivity contribution in [3.05, 3.63) is 29.3 Å². The molecule has 0 radical (unpaired) electrons. The summed E-state index contributed by atoms with van der Waals surface area (Å²) >= 11 is 7.57. The number of aromatic nitrogens is 4. The number of hydrogen-bond donors (Lipinski definition) is 0. The summed E-state index contributed by atoms with van der Waals surface area (Å²) in [5.41, 5.74) is 0.885. The van der Waals surface area contributed by atoms with E-state index in [4.69, 9.17) is 11.6 Å². The molecule has 0 fully saturated rings. The quantitative estimate of drug-likeness (QED) is 0.787. The van der Waals surface area contributed by atoms with Crippen LogP contribution in [0.15, 0.2) is 29.4 Å². The summed E-state index contributed by atoms with van der Waals surface area (Å²) in [5, 5.41) is 13.1. The SMILES string of the molecule is CCCSc1nnnn1-c1cccc(Cl)c1. The summed E-state index contributed by atoms with van der Waals surface area (Å²) in [6, 6.07) is 7.48. The van der Waals surface area contributed by atoms with Gasteiger partial charge in [0.25, 0.3) is 0 Å². The fourth-order valence-electron chi connectivity index (χ4n) is 1.23. The zero-order valence-corrected chi connectivity index (χ0v) is 10.4. The molecule has 0 N–H and O–H groups in total. The topological polar surface area (TPSA) is 43.6 Å². The van der Waals surface area contributed by atoms with Gasteiger partial charge in [-0.3, -0.25) is 0 Å². The van der Waals surface area contributed by atoms with Crippen molar-refractivity contribution in [1.82, 2.24) is 20.2 Å². The van der Waals surface area contributed by atoms with E-state index >= 15 is 0 Å². The number of nitrogens with zero attached hydrogens (tertiary/aromatic N) is 4. The van der Waals surface area contributed by atoms with Crippen molar-refractivity contribution >= 4 is 23.4 Å². The third kappa shape index (κ3) is 2.54. The van der Waals surface area contributed by atoms with Gasteiger partial charge in [-0.15, -0.1) is 5.10 Å². The maximum absolute atomic E-state index is 5.93. The maximum Gasteiger partial charge on any atom is 0.214 e. The highest BCUT2D eigenvalue weighted by molar-refractivity contribution is 7.99. The van der Waals surface area contributed by atoms with Gasteiger partial charge in [-0.1, -0.05) is 36.4 Å². The molecule has 1 heterocycles. The van der Waals surface area contributed by atoms with Crippen LogP contribution in [0.1, 0.15) is 13.3 Å². The van der Waals surface area contributed by atoms with E-state index in [0.29, 0.717) is 5.02 Å². The molecule has 4 nitrogen and oxygen atoms in total. The Balaban J connectivity index is 2.29. The Kier molecular flexibility index (Phi) is 3.79. The van der Waals surface area contributed by atoms with Crippen molar-refractivity contribution in [1.29, 1.82) is 0 Å². The van der Waals surface area contributed by atoms with Gasteiger partial charge >= 0.3 is 0 Å². The van der Waals surface area contributed by atoms with Crippen molar-refractivity contribution < 1.29 is 0 Å². The summed E-state index contributed by atoms with van der Waals surface area (Å²) in [7, 11) is 0. The van der Waals surface area contributed by atoms with Gasteiger partial charge < -0.3 is 0 Å². The molecule has 2 aromatic rings. The molecule has 16 heavy (non-hydrogen) atoms. The number of rotatable bonds is 4. The first-order valence-electron chi connectivity index (χ1n) is 4.98. The molecular weight excluding hydrogens is 244 g/mol. The van der Waals surface area contributed by atoms with Crippen LogP contribution in [-0.4, -0.2) is 26.0 Å². The summed E-state index contributed by atoms with van der Waals surface area (Å²) in [4.78, 5) is 0. The standard InChI is InChI=1S/C10H11ClN4S/c1-2-6-16-10-12-13-14-15(10)9-5-3-4-8(11)7-9/h3-5,7H,2,6H2,1H3. The lowest BCUT2D eigenvalue weighted by atomic mass is 10.3. The number of halogens is 1. The molecule has 0 atom stereocenters. The molecule has 0 amide bonds. The molecule has 1 aromatic carbocycles. The second kappa shape index (κ2) is 5.32. The van der Waals surface area contributed by atoms with Crippen LogP contribution in [0.3, 0.4) is 0 Å². The zero-order valence-electron chi connectivity index (χ0n) is 8.80. The van der Waals surface area contributed by atoms with E-state index in [1.54, 1.807) is 16.4 Å². The van der Waals surface area contributed by atoms with Gasteiger partial charge in [-0.25, -0.2) is 0 Å². The van der Waals surface area contributed by atoms with Crippen molar-refractivity contribution in [2.75, 3.05) is 5.75 Å². The van der Waals surface area contributed by atoms with E-state index in [-0.39, 0.29) is 0 Å². The fraction of sp³-hybridized carbons (Fsp3) is 0.300. The number of tetrazole rings is 1. The van der Waals surface area contributed by atoms with Crippen LogP contribution >= 0.6 is 23.4 Å². The summed E-state index contributed by atoms with van der Waals surface area (Å²) in [6.45, 7) is 2.13. The molecule has 0 bridgehead atoms. The van der Waals surface area contributed by atoms with Crippen molar-refractivity contribution in [3.63, 3.8) is 0 Å². The Hall–Kier alpha value is -1.07. The van der Waals surface area contributed by atoms with Gasteiger partial charge in [-0.05, 0) is 35.0 Å². The molecule has 0 aliphatic carbocycles. The Labute approximate surface area is 103 Å². The third-order valence-electron chi connectivity index (χ3n) is 1.93. The van der Waals surface area contributed by atoms with Crippen LogP contribution in [0.2, 0.25) is 5.02 Å². The predicted octanol–water partition coefficient (Wildman–Crippen LogP) is 2.82. The van der Waals surface area contributed by atoms with Crippen LogP contribution < -0.4 is 0 Å². The smallest absolute Gasteiger partial charge is 0.187 e. The molecule has 84 valence electrons. The highest BCUT2D eigenvalue weighted by Gasteiger charge is 2.08. The first-order valence-corrected chi connectivity index (χ1v) is 6.34. The molecule has 1 aromatic heterocycles. The lowest BCUT2D eigenvalue weighted by Gasteiger charge is -2.03. The van der Waals surface area contributed by atoms with Crippen molar-refractivity contribution in [2.24, 2.45) is 0 Å². The van der Waals surface area contributed by atoms with Crippen molar-refractivity contribution in [2.45, 2.75) is 18.5 Å². The van der Waals surface area contributed by atoms with Gasteiger partial charge in [0, 0.05) is 10.8 Å². The Morgan fingerprint density at radius 2 is 2.31 bits per heavy atom. The molecule has 2 rings (SSSR count). The maximum atomic E-state index is 5.93. The lowest BCUT2D eigenvalue weighted by Crippen LogP contribution is -1.98. The first kappa shape index (κ1) is 11.4. The van der Waals surface area contributed by atoms with Gasteiger partial charge in [0.2, 0.25) is 5.16 Å². The average molecular weight is 255 g/mol. The zero-order chi connectivity index (χ0) is 11.4. The number of benzene rings is 1. The first-order chi connectivity index (χ1) is 7.81. The van der Waals surface area contributed by atoms with Gasteiger partial charge in [0.15, 0.2) is 0 Å². The number of thioether (sulfide) groups is 1. The Morgan fingerprint density at radius 3 is 3.06 bits per heavy atom. The molecule has 0 saturated heterocycles. The van der Waals surface area contributed by atoms with E-state index in [9.17, 15) is 0 Å². The van der Waals surface area contributed by atoms with Crippen LogP contribution in [0.25, 0.3) is 5.69 Å². The van der Waals surface area contributed by atoms with Gasteiger partial charge in [0.05, 0.1) is 5.69 Å². The number of hydrogen-bond acceptors (Lipinski definition) is 4. The highest BCUT2D eigenvalue weighted by Crippen LogP contribution is 2.20. The van der Waals surface area contributed by atoms with E-state index in [1.165, 1.54) is 0 Å². The second-order valence-electron chi connectivity index (χ2n) is 3.20. The van der Waals surface area contributed by atoms with E-state index in [2.05, 4.69) is 22.4 Å². The summed E-state index contributed by atoms with van der Waals surface area (Å²) in [5.74, 6) is 1.00. The Morgan fingerprint density at radius 1 is 1.44 bits per heavy atom. The van der Waals surface area contributed by atoms with Crippen LogP contribution in [0.4, 0.5) is 0 Å². The van der Waals surface area contributed by atoms with E-state index in [0.717, 1.165) is 23.0 Å². The molecule has 0 aliphatic rings. The molecule has 0 aliphatic heterocycles. The van der Waals surface area contributed by atoms with Crippen LogP contribution in [0, 0.1) is 0 Å². The van der Waals surface area contributed by atoms with Gasteiger partial charge in [0.1, 0.15) is 0 Å². The fourth-order valence-corrected chi connectivity index (χ4v) is 2.16. The van der Waals surface area contributed by atoms with E-state index < -0.39 is 0 Å². The summed E-state index contributed by atoms with van der Waals surface area (Å²) in [6.07, 6.45) is 1.09. The Bertz CT molecular complexity index is 471. The predicted molar refractivity (Wildman–Crippen MR) is 65.2 cm³/mol. The van der Waals surface area contributed by atoms with Gasteiger partial charge in [-0.2, -0.15) is 4.68 Å². The molecular formula is C10H11ClN4S.